The first-order valence-electron chi connectivity index (χ1n) is 8.21. The van der Waals surface area contributed by atoms with Crippen LogP contribution in [0.4, 0.5) is 17.6 Å². The molecule has 1 aromatic carbocycles. The summed E-state index contributed by atoms with van der Waals surface area (Å²) in [6.45, 7) is -1.08. The van der Waals surface area contributed by atoms with Gasteiger partial charge in [0.2, 0.25) is 17.5 Å². The molecule has 0 saturated heterocycles. The van der Waals surface area contributed by atoms with Gasteiger partial charge in [-0.3, -0.25) is 14.4 Å². The van der Waals surface area contributed by atoms with Gasteiger partial charge in [-0.05, 0) is 12.8 Å². The third kappa shape index (κ3) is 5.18. The van der Waals surface area contributed by atoms with E-state index >= 15 is 0 Å². The van der Waals surface area contributed by atoms with Gasteiger partial charge in [-0.25, -0.2) is 8.78 Å². The van der Waals surface area contributed by atoms with Crippen molar-refractivity contribution in [3.05, 3.63) is 29.3 Å². The van der Waals surface area contributed by atoms with Crippen molar-refractivity contribution < 1.29 is 41.8 Å². The predicted octanol–water partition coefficient (Wildman–Crippen LogP) is 2.34. The van der Waals surface area contributed by atoms with Gasteiger partial charge in [-0.1, -0.05) is 12.8 Å². The second-order valence-electron chi connectivity index (χ2n) is 6.19. The molecule has 6 nitrogen and oxygen atoms in total. The SMILES string of the molecule is O=C(O)C[C@H](NC(=O)C1CCCC1)C(=O)COc1c(F)c(F)cc(F)c1F. The number of ketones is 1. The summed E-state index contributed by atoms with van der Waals surface area (Å²) in [5, 5.41) is 11.2. The van der Waals surface area contributed by atoms with E-state index in [4.69, 9.17) is 5.11 Å². The summed E-state index contributed by atoms with van der Waals surface area (Å²) < 4.78 is 57.9. The van der Waals surface area contributed by atoms with Crippen molar-refractivity contribution in [2.45, 2.75) is 38.1 Å². The van der Waals surface area contributed by atoms with Gasteiger partial charge in [0, 0.05) is 12.0 Å². The van der Waals surface area contributed by atoms with E-state index in [0.29, 0.717) is 12.8 Å². The van der Waals surface area contributed by atoms with Crippen LogP contribution in [0, 0.1) is 29.2 Å². The molecule has 148 valence electrons. The number of aliphatic carboxylic acids is 1. The Hall–Kier alpha value is -2.65. The minimum Gasteiger partial charge on any atom is -0.481 e. The van der Waals surface area contributed by atoms with Gasteiger partial charge in [0.1, 0.15) is 12.6 Å². The molecule has 0 aromatic heterocycles. The molecule has 1 aliphatic rings. The van der Waals surface area contributed by atoms with Crippen molar-refractivity contribution in [3.63, 3.8) is 0 Å². The van der Waals surface area contributed by atoms with Crippen molar-refractivity contribution in [3.8, 4) is 5.75 Å². The molecule has 0 heterocycles. The molecule has 2 N–H and O–H groups in total. The highest BCUT2D eigenvalue weighted by Crippen LogP contribution is 2.27. The molecule has 1 aromatic rings. The van der Waals surface area contributed by atoms with Crippen LogP contribution in [0.3, 0.4) is 0 Å². The summed E-state index contributed by atoms with van der Waals surface area (Å²) in [4.78, 5) is 35.2. The standard InChI is InChI=1S/C17H17F4NO5/c18-9-5-10(19)15(21)16(14(9)20)27-7-12(23)11(6-13(24)25)22-17(26)8-3-1-2-4-8/h5,8,11H,1-4,6-7H2,(H,22,26)(H,24,25)/t11-/m0/s1. The van der Waals surface area contributed by atoms with Crippen LogP contribution >= 0.6 is 0 Å². The van der Waals surface area contributed by atoms with E-state index in [9.17, 15) is 31.9 Å². The quantitative estimate of drug-likeness (QED) is 0.524. The van der Waals surface area contributed by atoms with Crippen LogP contribution in [0.2, 0.25) is 0 Å². The maximum atomic E-state index is 13.5. The number of amides is 1. The average Bonchev–Trinajstić information content (AvgIpc) is 3.13. The Bertz CT molecular complexity index is 723. The van der Waals surface area contributed by atoms with Gasteiger partial charge >= 0.3 is 5.97 Å². The molecule has 1 atom stereocenters. The summed E-state index contributed by atoms with van der Waals surface area (Å²) in [5.41, 5.74) is 0. The molecule has 0 unspecified atom stereocenters. The maximum Gasteiger partial charge on any atom is 0.305 e. The minimum absolute atomic E-state index is 0.0194. The molecule has 2 rings (SSSR count). The highest BCUT2D eigenvalue weighted by Gasteiger charge is 2.30. The van der Waals surface area contributed by atoms with Crippen molar-refractivity contribution in [1.29, 1.82) is 0 Å². The largest absolute Gasteiger partial charge is 0.481 e. The zero-order chi connectivity index (χ0) is 20.1. The number of carboxylic acids is 1. The molecule has 1 aliphatic carbocycles. The van der Waals surface area contributed by atoms with Gasteiger partial charge in [0.25, 0.3) is 0 Å². The molecule has 0 bridgehead atoms. The number of ether oxygens (including phenoxy) is 1. The number of rotatable bonds is 8. The fourth-order valence-electron chi connectivity index (χ4n) is 2.82. The minimum atomic E-state index is -1.83. The highest BCUT2D eigenvalue weighted by atomic mass is 19.2. The summed E-state index contributed by atoms with van der Waals surface area (Å²) in [5.74, 6) is -11.8. The molecule has 1 saturated carbocycles. The predicted molar refractivity (Wildman–Crippen MR) is 82.9 cm³/mol. The van der Waals surface area contributed by atoms with E-state index < -0.39 is 65.7 Å². The molecular weight excluding hydrogens is 374 g/mol. The third-order valence-corrected chi connectivity index (χ3v) is 4.24. The Kier molecular flexibility index (Phi) is 6.75. The average molecular weight is 391 g/mol. The molecule has 27 heavy (non-hydrogen) atoms. The van der Waals surface area contributed by atoms with Crippen LogP contribution in [0.1, 0.15) is 32.1 Å². The van der Waals surface area contributed by atoms with Crippen LogP contribution in [0.15, 0.2) is 6.07 Å². The summed E-state index contributed by atoms with van der Waals surface area (Å²) in [6, 6.07) is -1.52. The number of carboxylic acid groups (broad SMARTS) is 1. The van der Waals surface area contributed by atoms with Crippen molar-refractivity contribution in [1.82, 2.24) is 5.32 Å². The fourth-order valence-corrected chi connectivity index (χ4v) is 2.82. The Labute approximate surface area is 151 Å². The van der Waals surface area contributed by atoms with E-state index in [1.807, 2.05) is 0 Å². The van der Waals surface area contributed by atoms with E-state index in [2.05, 4.69) is 10.1 Å². The Balaban J connectivity index is 2.07. The zero-order valence-electron chi connectivity index (χ0n) is 14.1. The zero-order valence-corrected chi connectivity index (χ0v) is 14.1. The number of nitrogens with one attached hydrogen (secondary N) is 1. The first kappa shape index (κ1) is 20.7. The van der Waals surface area contributed by atoms with Crippen molar-refractivity contribution in [2.24, 2.45) is 5.92 Å². The van der Waals surface area contributed by atoms with E-state index in [0.717, 1.165) is 12.8 Å². The normalized spacial score (nSPS) is 15.4. The maximum absolute atomic E-state index is 13.5. The summed E-state index contributed by atoms with van der Waals surface area (Å²) in [6.07, 6.45) is 2.11. The van der Waals surface area contributed by atoms with Crippen molar-refractivity contribution >= 4 is 17.7 Å². The van der Waals surface area contributed by atoms with Gasteiger partial charge in [-0.15, -0.1) is 0 Å². The molecular formula is C17H17F4NO5. The first-order valence-corrected chi connectivity index (χ1v) is 8.21. The van der Waals surface area contributed by atoms with Gasteiger partial charge in [0.05, 0.1) is 6.42 Å². The number of halogens is 4. The van der Waals surface area contributed by atoms with Gasteiger partial charge in [-0.2, -0.15) is 8.78 Å². The fraction of sp³-hybridized carbons (Fsp3) is 0.471. The van der Waals surface area contributed by atoms with Crippen LogP contribution in [-0.4, -0.2) is 35.4 Å². The number of carbonyl (C=O) groups excluding carboxylic acids is 2. The van der Waals surface area contributed by atoms with Crippen molar-refractivity contribution in [2.75, 3.05) is 6.61 Å². The molecule has 0 spiro atoms. The van der Waals surface area contributed by atoms with E-state index in [-0.39, 0.29) is 12.0 Å². The third-order valence-electron chi connectivity index (χ3n) is 4.24. The molecule has 0 radical (unpaired) electrons. The van der Waals surface area contributed by atoms with Crippen LogP contribution in [-0.2, 0) is 14.4 Å². The Morgan fingerprint density at radius 3 is 2.19 bits per heavy atom. The molecule has 1 fully saturated rings. The number of Topliss-reactive ketones (excluding diaryl/α,β-unsaturated/α-hetero) is 1. The Morgan fingerprint density at radius 2 is 1.67 bits per heavy atom. The highest BCUT2D eigenvalue weighted by molar-refractivity contribution is 5.93. The Morgan fingerprint density at radius 1 is 1.11 bits per heavy atom. The molecule has 1 amide bonds. The second kappa shape index (κ2) is 8.83. The van der Waals surface area contributed by atoms with Gasteiger partial charge < -0.3 is 15.2 Å². The van der Waals surface area contributed by atoms with Crippen LogP contribution in [0.5, 0.6) is 5.75 Å². The lowest BCUT2D eigenvalue weighted by molar-refractivity contribution is -0.140. The molecule has 10 heteroatoms. The summed E-state index contributed by atoms with van der Waals surface area (Å²) >= 11 is 0. The number of carbonyl (C=O) groups is 3. The number of hydrogen-bond acceptors (Lipinski definition) is 4. The number of benzene rings is 1. The lowest BCUT2D eigenvalue weighted by Gasteiger charge is -2.19. The number of hydrogen-bond donors (Lipinski definition) is 2. The smallest absolute Gasteiger partial charge is 0.305 e. The first-order chi connectivity index (χ1) is 12.7. The lowest BCUT2D eigenvalue weighted by atomic mass is 10.0. The molecule has 0 aliphatic heterocycles. The van der Waals surface area contributed by atoms with E-state index in [1.165, 1.54) is 0 Å². The summed E-state index contributed by atoms with van der Waals surface area (Å²) in [7, 11) is 0. The second-order valence-corrected chi connectivity index (χ2v) is 6.19. The van der Waals surface area contributed by atoms with Crippen LogP contribution < -0.4 is 10.1 Å². The lowest BCUT2D eigenvalue weighted by Crippen LogP contribution is -2.46. The monoisotopic (exact) mass is 391 g/mol. The van der Waals surface area contributed by atoms with E-state index in [1.54, 1.807) is 0 Å². The van der Waals surface area contributed by atoms with Crippen LogP contribution in [0.25, 0.3) is 0 Å². The topological polar surface area (TPSA) is 92.7 Å². The van der Waals surface area contributed by atoms with Gasteiger partial charge in [0.15, 0.2) is 23.2 Å².